The molecule has 6 heteroatoms. The first-order valence-electron chi connectivity index (χ1n) is 4.62. The van der Waals surface area contributed by atoms with E-state index in [9.17, 15) is 4.79 Å². The second-order valence-electron chi connectivity index (χ2n) is 3.70. The molecule has 5 nitrogen and oxygen atoms in total. The number of nitrogens with two attached hydrogens (primary N) is 2. The summed E-state index contributed by atoms with van der Waals surface area (Å²) in [6.45, 7) is 1.65. The van der Waals surface area contributed by atoms with Gasteiger partial charge in [-0.3, -0.25) is 4.79 Å². The van der Waals surface area contributed by atoms with Gasteiger partial charge in [-0.2, -0.15) is 0 Å². The van der Waals surface area contributed by atoms with Crippen molar-refractivity contribution in [1.82, 2.24) is 9.55 Å². The number of carbonyl (C=O) groups excluding carboxylic acids is 1. The zero-order chi connectivity index (χ0) is 11.5. The van der Waals surface area contributed by atoms with Crippen molar-refractivity contribution in [2.45, 2.75) is 24.0 Å². The summed E-state index contributed by atoms with van der Waals surface area (Å²) in [5, 5.41) is 0.912. The van der Waals surface area contributed by atoms with E-state index in [-0.39, 0.29) is 0 Å². The van der Waals surface area contributed by atoms with Gasteiger partial charge in [-0.15, -0.1) is 0 Å². The molecule has 0 radical (unpaired) electrons. The van der Waals surface area contributed by atoms with Gasteiger partial charge in [-0.1, -0.05) is 11.8 Å². The van der Waals surface area contributed by atoms with Crippen LogP contribution in [0.2, 0.25) is 0 Å². The Kier molecular flexibility index (Phi) is 3.76. The number of aromatic nitrogens is 2. The topological polar surface area (TPSA) is 86.9 Å². The lowest BCUT2D eigenvalue weighted by atomic mass is 10.0. The van der Waals surface area contributed by atoms with Gasteiger partial charge in [0.05, 0.1) is 5.54 Å². The van der Waals surface area contributed by atoms with E-state index in [1.165, 1.54) is 0 Å². The first-order chi connectivity index (χ1) is 6.93. The van der Waals surface area contributed by atoms with Crippen LogP contribution in [-0.2, 0) is 11.8 Å². The Bertz CT molecular complexity index is 348. The van der Waals surface area contributed by atoms with Crippen LogP contribution >= 0.6 is 11.8 Å². The first-order valence-corrected chi connectivity index (χ1v) is 5.61. The lowest BCUT2D eigenvalue weighted by Crippen LogP contribution is -2.49. The number of imidazole rings is 1. The number of thioether (sulfide) groups is 1. The van der Waals surface area contributed by atoms with Crippen LogP contribution in [-0.4, -0.2) is 26.8 Å². The van der Waals surface area contributed by atoms with Gasteiger partial charge in [0.2, 0.25) is 5.91 Å². The number of primary amides is 1. The molecule has 0 spiro atoms. The van der Waals surface area contributed by atoms with Gasteiger partial charge in [0, 0.05) is 25.2 Å². The fourth-order valence-corrected chi connectivity index (χ4v) is 2.08. The number of hydrogen-bond acceptors (Lipinski definition) is 4. The minimum Gasteiger partial charge on any atom is -0.368 e. The lowest BCUT2D eigenvalue weighted by molar-refractivity contribution is -0.122. The Labute approximate surface area is 93.2 Å². The molecular formula is C9H16N4OS. The normalized spacial score (nSPS) is 14.9. The molecule has 4 N–H and O–H groups in total. The molecule has 0 bridgehead atoms. The summed E-state index contributed by atoms with van der Waals surface area (Å²) in [6, 6.07) is 0. The van der Waals surface area contributed by atoms with Crippen molar-refractivity contribution >= 4 is 17.7 Å². The van der Waals surface area contributed by atoms with Gasteiger partial charge in [0.15, 0.2) is 5.16 Å². The van der Waals surface area contributed by atoms with E-state index in [1.54, 1.807) is 24.9 Å². The van der Waals surface area contributed by atoms with Crippen molar-refractivity contribution in [1.29, 1.82) is 0 Å². The minimum absolute atomic E-state index is 0.469. The highest BCUT2D eigenvalue weighted by atomic mass is 32.2. The molecule has 84 valence electrons. The molecule has 1 atom stereocenters. The van der Waals surface area contributed by atoms with Gasteiger partial charge in [0.25, 0.3) is 0 Å². The summed E-state index contributed by atoms with van der Waals surface area (Å²) in [6.07, 6.45) is 4.15. The predicted molar refractivity (Wildman–Crippen MR) is 60.3 cm³/mol. The molecule has 1 aromatic heterocycles. The number of carbonyl (C=O) groups is 1. The van der Waals surface area contributed by atoms with Crippen molar-refractivity contribution < 1.29 is 4.79 Å². The summed E-state index contributed by atoms with van der Waals surface area (Å²) in [5.74, 6) is 0.254. The average molecular weight is 228 g/mol. The smallest absolute Gasteiger partial charge is 0.237 e. The lowest BCUT2D eigenvalue weighted by Gasteiger charge is -2.19. The van der Waals surface area contributed by atoms with E-state index < -0.39 is 11.4 Å². The highest BCUT2D eigenvalue weighted by Gasteiger charge is 2.25. The zero-order valence-electron chi connectivity index (χ0n) is 8.93. The first kappa shape index (κ1) is 12.1. The molecule has 1 heterocycles. The molecular weight excluding hydrogens is 212 g/mol. The Morgan fingerprint density at radius 1 is 1.73 bits per heavy atom. The summed E-state index contributed by atoms with van der Waals surface area (Å²) >= 11 is 1.56. The fourth-order valence-electron chi connectivity index (χ4n) is 0.969. The fraction of sp³-hybridized carbons (Fsp3) is 0.556. The number of aryl methyl sites for hydroxylation is 1. The monoisotopic (exact) mass is 228 g/mol. The Hall–Kier alpha value is -1.01. The third-order valence-corrected chi connectivity index (χ3v) is 3.25. The second-order valence-corrected chi connectivity index (χ2v) is 4.76. The van der Waals surface area contributed by atoms with Crippen molar-refractivity contribution in [3.8, 4) is 0 Å². The second kappa shape index (κ2) is 4.67. The van der Waals surface area contributed by atoms with Gasteiger partial charge in [-0.05, 0) is 13.3 Å². The molecule has 0 fully saturated rings. The van der Waals surface area contributed by atoms with Crippen LogP contribution < -0.4 is 11.5 Å². The quantitative estimate of drug-likeness (QED) is 0.700. The van der Waals surface area contributed by atoms with E-state index in [0.29, 0.717) is 6.42 Å². The predicted octanol–water partition coefficient (Wildman–Crippen LogP) is 0.105. The third kappa shape index (κ3) is 3.24. The zero-order valence-corrected chi connectivity index (χ0v) is 9.75. The molecule has 0 aliphatic carbocycles. The number of nitrogens with zero attached hydrogens (tertiary/aromatic N) is 2. The molecule has 1 aromatic rings. The van der Waals surface area contributed by atoms with Crippen LogP contribution in [0.25, 0.3) is 0 Å². The molecule has 15 heavy (non-hydrogen) atoms. The summed E-state index contributed by atoms with van der Waals surface area (Å²) in [7, 11) is 1.92. The maximum Gasteiger partial charge on any atom is 0.237 e. The SMILES string of the molecule is Cn1ccnc1SCCC(C)(N)C(N)=O. The summed E-state index contributed by atoms with van der Waals surface area (Å²) in [4.78, 5) is 15.1. The highest BCUT2D eigenvalue weighted by Crippen LogP contribution is 2.18. The van der Waals surface area contributed by atoms with Crippen LogP contribution in [0.15, 0.2) is 17.6 Å². The molecule has 0 aliphatic rings. The Morgan fingerprint density at radius 2 is 2.40 bits per heavy atom. The van der Waals surface area contributed by atoms with Crippen molar-refractivity contribution in [3.63, 3.8) is 0 Å². The van der Waals surface area contributed by atoms with E-state index in [1.807, 2.05) is 17.8 Å². The summed E-state index contributed by atoms with van der Waals surface area (Å²) < 4.78 is 1.92. The average Bonchev–Trinajstić information content (AvgIpc) is 2.51. The van der Waals surface area contributed by atoms with Crippen molar-refractivity contribution in [2.75, 3.05) is 5.75 Å². The van der Waals surface area contributed by atoms with Crippen LogP contribution in [0, 0.1) is 0 Å². The van der Waals surface area contributed by atoms with Crippen molar-refractivity contribution in [2.24, 2.45) is 18.5 Å². The maximum atomic E-state index is 10.9. The van der Waals surface area contributed by atoms with Crippen LogP contribution in [0.5, 0.6) is 0 Å². The van der Waals surface area contributed by atoms with Crippen molar-refractivity contribution in [3.05, 3.63) is 12.4 Å². The van der Waals surface area contributed by atoms with Gasteiger partial charge in [0.1, 0.15) is 0 Å². The Morgan fingerprint density at radius 3 is 2.87 bits per heavy atom. The number of amides is 1. The van der Waals surface area contributed by atoms with Gasteiger partial charge < -0.3 is 16.0 Å². The molecule has 0 saturated heterocycles. The molecule has 1 unspecified atom stereocenters. The third-order valence-electron chi connectivity index (χ3n) is 2.19. The largest absolute Gasteiger partial charge is 0.368 e. The minimum atomic E-state index is -0.932. The molecule has 1 amide bonds. The van der Waals surface area contributed by atoms with E-state index in [0.717, 1.165) is 10.9 Å². The maximum absolute atomic E-state index is 10.9. The summed E-state index contributed by atoms with van der Waals surface area (Å²) in [5.41, 5.74) is 9.96. The molecule has 0 saturated carbocycles. The van der Waals surface area contributed by atoms with E-state index >= 15 is 0 Å². The van der Waals surface area contributed by atoms with Crippen LogP contribution in [0.3, 0.4) is 0 Å². The van der Waals surface area contributed by atoms with Gasteiger partial charge in [-0.25, -0.2) is 4.98 Å². The van der Waals surface area contributed by atoms with E-state index in [4.69, 9.17) is 11.5 Å². The van der Waals surface area contributed by atoms with Gasteiger partial charge >= 0.3 is 0 Å². The number of hydrogen-bond donors (Lipinski definition) is 2. The van der Waals surface area contributed by atoms with Crippen LogP contribution in [0.4, 0.5) is 0 Å². The Balaban J connectivity index is 2.40. The molecule has 0 aliphatic heterocycles. The highest BCUT2D eigenvalue weighted by molar-refractivity contribution is 7.99. The van der Waals surface area contributed by atoms with Crippen LogP contribution in [0.1, 0.15) is 13.3 Å². The molecule has 1 rings (SSSR count). The van der Waals surface area contributed by atoms with E-state index in [2.05, 4.69) is 4.98 Å². The molecule has 0 aromatic carbocycles. The standard InChI is InChI=1S/C9H16N4OS/c1-9(11,7(10)14)3-6-15-8-12-4-5-13(8)2/h4-5H,3,6,11H2,1-2H3,(H2,10,14). The number of rotatable bonds is 5.